The van der Waals surface area contributed by atoms with Gasteiger partial charge in [0.05, 0.1) is 14.2 Å². The molecule has 0 spiro atoms. The van der Waals surface area contributed by atoms with E-state index in [1.165, 1.54) is 14.2 Å². The molecule has 5 heteroatoms. The highest BCUT2D eigenvalue weighted by Crippen LogP contribution is 2.24. The highest BCUT2D eigenvalue weighted by molar-refractivity contribution is 5.90. The molecule has 0 amide bonds. The third-order valence-electron chi connectivity index (χ3n) is 2.77. The van der Waals surface area contributed by atoms with Gasteiger partial charge in [-0.25, -0.2) is 9.59 Å². The zero-order chi connectivity index (χ0) is 12.3. The third-order valence-corrected chi connectivity index (χ3v) is 2.77. The van der Waals surface area contributed by atoms with Crippen LogP contribution in [0.1, 0.15) is 20.3 Å². The molecule has 0 saturated heterocycles. The van der Waals surface area contributed by atoms with Gasteiger partial charge in [0.15, 0.2) is 0 Å². The van der Waals surface area contributed by atoms with E-state index in [1.807, 2.05) is 13.8 Å². The molecule has 5 nitrogen and oxygen atoms in total. The maximum Gasteiger partial charge on any atom is 0.354 e. The molecule has 1 N–H and O–H groups in total. The molecule has 16 heavy (non-hydrogen) atoms. The number of carbonyl (C=O) groups is 2. The number of allylic oxidation sites excluding steroid dienone is 1. The molecule has 1 aliphatic rings. The Kier molecular flexibility index (Phi) is 3.93. The van der Waals surface area contributed by atoms with E-state index in [0.29, 0.717) is 12.1 Å². The molecule has 1 heterocycles. The van der Waals surface area contributed by atoms with Crippen LogP contribution in [0.15, 0.2) is 11.3 Å². The van der Waals surface area contributed by atoms with E-state index in [1.54, 1.807) is 0 Å². The summed E-state index contributed by atoms with van der Waals surface area (Å²) in [5.74, 6) is -0.708. The molecular weight excluding hydrogens is 210 g/mol. The SMILES string of the molecule is COC(=O)C1=C(C)CC(C)C(C(=O)OC)N1. The van der Waals surface area contributed by atoms with E-state index in [0.717, 1.165) is 5.57 Å². The zero-order valence-corrected chi connectivity index (χ0v) is 9.99. The fourth-order valence-electron chi connectivity index (χ4n) is 1.88. The lowest BCUT2D eigenvalue weighted by Gasteiger charge is -2.30. The molecule has 2 atom stereocenters. The largest absolute Gasteiger partial charge is 0.467 e. The van der Waals surface area contributed by atoms with Gasteiger partial charge in [0.1, 0.15) is 11.7 Å². The van der Waals surface area contributed by atoms with E-state index in [-0.39, 0.29) is 11.9 Å². The van der Waals surface area contributed by atoms with Crippen LogP contribution in [-0.4, -0.2) is 32.2 Å². The van der Waals surface area contributed by atoms with Gasteiger partial charge < -0.3 is 14.8 Å². The first-order chi connectivity index (χ1) is 7.51. The normalized spacial score (nSPS) is 24.8. The highest BCUT2D eigenvalue weighted by atomic mass is 16.5. The molecule has 1 aliphatic heterocycles. The van der Waals surface area contributed by atoms with Crippen LogP contribution in [0.4, 0.5) is 0 Å². The summed E-state index contributed by atoms with van der Waals surface area (Å²) in [6, 6.07) is -0.484. The molecule has 0 radical (unpaired) electrons. The first kappa shape index (κ1) is 12.5. The predicted octanol–water partition coefficient (Wildman–Crippen LogP) is 0.604. The van der Waals surface area contributed by atoms with Crippen molar-refractivity contribution in [1.82, 2.24) is 5.32 Å². The number of rotatable bonds is 2. The number of methoxy groups -OCH3 is 2. The van der Waals surface area contributed by atoms with E-state index < -0.39 is 12.0 Å². The minimum Gasteiger partial charge on any atom is -0.467 e. The molecule has 0 aromatic carbocycles. The minimum atomic E-state index is -0.484. The second kappa shape index (κ2) is 5.01. The van der Waals surface area contributed by atoms with Crippen LogP contribution in [0.2, 0.25) is 0 Å². The maximum atomic E-state index is 11.5. The Hall–Kier alpha value is -1.52. The lowest BCUT2D eigenvalue weighted by Crippen LogP contribution is -2.47. The van der Waals surface area contributed by atoms with Gasteiger partial charge in [0.2, 0.25) is 0 Å². The highest BCUT2D eigenvalue weighted by Gasteiger charge is 2.33. The van der Waals surface area contributed by atoms with Gasteiger partial charge in [-0.15, -0.1) is 0 Å². The second-order valence-electron chi connectivity index (χ2n) is 3.97. The second-order valence-corrected chi connectivity index (χ2v) is 3.97. The molecule has 0 saturated carbocycles. The third kappa shape index (κ3) is 2.35. The average Bonchev–Trinajstić information content (AvgIpc) is 2.27. The van der Waals surface area contributed by atoms with Crippen molar-refractivity contribution in [2.45, 2.75) is 26.3 Å². The van der Waals surface area contributed by atoms with Crippen molar-refractivity contribution in [2.24, 2.45) is 5.92 Å². The summed E-state index contributed by atoms with van der Waals surface area (Å²) in [7, 11) is 2.65. The van der Waals surface area contributed by atoms with Crippen molar-refractivity contribution >= 4 is 11.9 Å². The number of nitrogens with one attached hydrogen (secondary N) is 1. The fourth-order valence-corrected chi connectivity index (χ4v) is 1.88. The van der Waals surface area contributed by atoms with Crippen LogP contribution in [0.5, 0.6) is 0 Å². The Morgan fingerprint density at radius 3 is 2.44 bits per heavy atom. The van der Waals surface area contributed by atoms with E-state index in [9.17, 15) is 9.59 Å². The number of hydrogen-bond acceptors (Lipinski definition) is 5. The molecule has 0 aromatic rings. The first-order valence-corrected chi connectivity index (χ1v) is 5.13. The Balaban J connectivity index is 2.91. The number of ether oxygens (including phenoxy) is 2. The van der Waals surface area contributed by atoms with Gasteiger partial charge in [-0.2, -0.15) is 0 Å². The van der Waals surface area contributed by atoms with Gasteiger partial charge in [0.25, 0.3) is 0 Å². The summed E-state index contributed by atoms with van der Waals surface area (Å²) in [6.07, 6.45) is 0.678. The summed E-state index contributed by atoms with van der Waals surface area (Å²) in [5.41, 5.74) is 1.27. The van der Waals surface area contributed by atoms with Crippen molar-refractivity contribution < 1.29 is 19.1 Å². The van der Waals surface area contributed by atoms with Gasteiger partial charge >= 0.3 is 11.9 Å². The summed E-state index contributed by atoms with van der Waals surface area (Å²) in [5, 5.41) is 2.88. The van der Waals surface area contributed by atoms with Gasteiger partial charge in [0, 0.05) is 0 Å². The van der Waals surface area contributed by atoms with Crippen molar-refractivity contribution in [3.05, 3.63) is 11.3 Å². The van der Waals surface area contributed by atoms with Gasteiger partial charge in [-0.1, -0.05) is 6.92 Å². The smallest absolute Gasteiger partial charge is 0.354 e. The lowest BCUT2D eigenvalue weighted by molar-refractivity contribution is -0.144. The van der Waals surface area contributed by atoms with Crippen LogP contribution < -0.4 is 5.32 Å². The predicted molar refractivity (Wildman–Crippen MR) is 57.4 cm³/mol. The molecule has 0 aliphatic carbocycles. The Bertz CT molecular complexity index is 335. The van der Waals surface area contributed by atoms with Crippen LogP contribution in [0.25, 0.3) is 0 Å². The molecule has 0 fully saturated rings. The first-order valence-electron chi connectivity index (χ1n) is 5.13. The van der Waals surface area contributed by atoms with Gasteiger partial charge in [-0.05, 0) is 24.8 Å². The van der Waals surface area contributed by atoms with Crippen molar-refractivity contribution in [3.8, 4) is 0 Å². The molecule has 0 aromatic heterocycles. The summed E-state index contributed by atoms with van der Waals surface area (Å²) >= 11 is 0. The fraction of sp³-hybridized carbons (Fsp3) is 0.636. The molecule has 1 rings (SSSR count). The molecule has 0 bridgehead atoms. The Morgan fingerprint density at radius 1 is 1.31 bits per heavy atom. The quantitative estimate of drug-likeness (QED) is 0.700. The summed E-state index contributed by atoms with van der Waals surface area (Å²) in [4.78, 5) is 22.9. The lowest BCUT2D eigenvalue weighted by atomic mass is 9.89. The number of esters is 2. The van der Waals surface area contributed by atoms with Crippen LogP contribution in [0.3, 0.4) is 0 Å². The molecule has 90 valence electrons. The average molecular weight is 227 g/mol. The number of hydrogen-bond donors (Lipinski definition) is 1. The summed E-state index contributed by atoms with van der Waals surface area (Å²) < 4.78 is 9.33. The van der Waals surface area contributed by atoms with Crippen molar-refractivity contribution in [2.75, 3.05) is 14.2 Å². The maximum absolute atomic E-state index is 11.5. The Morgan fingerprint density at radius 2 is 1.94 bits per heavy atom. The van der Waals surface area contributed by atoms with Crippen molar-refractivity contribution in [3.63, 3.8) is 0 Å². The van der Waals surface area contributed by atoms with E-state index in [2.05, 4.69) is 14.8 Å². The van der Waals surface area contributed by atoms with Crippen LogP contribution in [0, 0.1) is 5.92 Å². The zero-order valence-electron chi connectivity index (χ0n) is 9.99. The number of carbonyl (C=O) groups excluding carboxylic acids is 2. The van der Waals surface area contributed by atoms with Gasteiger partial charge in [-0.3, -0.25) is 0 Å². The summed E-state index contributed by atoms with van der Waals surface area (Å²) in [6.45, 7) is 3.79. The molecule has 2 unspecified atom stereocenters. The standard InChI is InChI=1S/C11H17NO4/c1-6-5-7(2)9(11(14)16-4)12-8(6)10(13)15-3/h6,8,12H,5H2,1-4H3. The van der Waals surface area contributed by atoms with E-state index in [4.69, 9.17) is 0 Å². The van der Waals surface area contributed by atoms with E-state index >= 15 is 0 Å². The molecular formula is C11H17NO4. The van der Waals surface area contributed by atoms with Crippen LogP contribution in [-0.2, 0) is 19.1 Å². The minimum absolute atomic E-state index is 0.0980. The van der Waals surface area contributed by atoms with Crippen LogP contribution >= 0.6 is 0 Å². The van der Waals surface area contributed by atoms with Crippen molar-refractivity contribution in [1.29, 1.82) is 0 Å². The topological polar surface area (TPSA) is 64.6 Å². The Labute approximate surface area is 94.8 Å². The monoisotopic (exact) mass is 227 g/mol.